The number of hydrogen-bond donors (Lipinski definition) is 3. The molecular formula is C19H32N6OS. The van der Waals surface area contributed by atoms with Crippen molar-refractivity contribution in [3.8, 4) is 0 Å². The zero-order chi connectivity index (χ0) is 19.5. The fraction of sp³-hybridized carbons (Fsp3) is 0.632. The number of rotatable bonds is 9. The van der Waals surface area contributed by atoms with Crippen LogP contribution in [0, 0.1) is 5.92 Å². The van der Waals surface area contributed by atoms with Gasteiger partial charge in [-0.15, -0.1) is 0 Å². The minimum atomic E-state index is -0.190. The summed E-state index contributed by atoms with van der Waals surface area (Å²) in [6.45, 7) is 3.18. The first-order valence-electron chi connectivity index (χ1n) is 9.57. The van der Waals surface area contributed by atoms with Gasteiger partial charge in [0.05, 0.1) is 0 Å². The molecule has 1 amide bonds. The molecule has 1 aliphatic rings. The third-order valence-electron chi connectivity index (χ3n) is 4.80. The summed E-state index contributed by atoms with van der Waals surface area (Å²) in [6.07, 6.45) is 7.87. The molecule has 0 bridgehead atoms. The Bertz CT molecular complexity index is 616. The normalized spacial score (nSPS) is 15.6. The van der Waals surface area contributed by atoms with Crippen LogP contribution in [0.3, 0.4) is 0 Å². The van der Waals surface area contributed by atoms with Gasteiger partial charge in [-0.05, 0) is 43.8 Å². The smallest absolute Gasteiger partial charge is 0.220 e. The van der Waals surface area contributed by atoms with Gasteiger partial charge in [-0.25, -0.2) is 4.98 Å². The number of thioether (sulfide) groups is 1. The van der Waals surface area contributed by atoms with E-state index in [9.17, 15) is 4.79 Å². The van der Waals surface area contributed by atoms with E-state index < -0.39 is 0 Å². The predicted octanol–water partition coefficient (Wildman–Crippen LogP) is 1.59. The maximum Gasteiger partial charge on any atom is 0.220 e. The first-order valence-corrected chi connectivity index (χ1v) is 11.0. The Morgan fingerprint density at radius 2 is 2.15 bits per heavy atom. The van der Waals surface area contributed by atoms with E-state index in [0.717, 1.165) is 56.2 Å². The number of nitrogens with zero attached hydrogens (tertiary/aromatic N) is 3. The van der Waals surface area contributed by atoms with Gasteiger partial charge in [-0.3, -0.25) is 9.79 Å². The highest BCUT2D eigenvalue weighted by Crippen LogP contribution is 2.24. The van der Waals surface area contributed by atoms with Gasteiger partial charge in [0.25, 0.3) is 0 Å². The molecule has 150 valence electrons. The van der Waals surface area contributed by atoms with Gasteiger partial charge in [0.15, 0.2) is 5.96 Å². The maximum atomic E-state index is 11.4. The summed E-state index contributed by atoms with van der Waals surface area (Å²) in [5.74, 6) is 2.77. The minimum absolute atomic E-state index is 0.0133. The molecule has 0 aliphatic carbocycles. The van der Waals surface area contributed by atoms with E-state index in [2.05, 4.69) is 37.8 Å². The van der Waals surface area contributed by atoms with Crippen LogP contribution in [0.5, 0.6) is 0 Å². The van der Waals surface area contributed by atoms with Crippen molar-refractivity contribution in [3.63, 3.8) is 0 Å². The van der Waals surface area contributed by atoms with Crippen LogP contribution in [0.2, 0.25) is 0 Å². The number of hydrogen-bond acceptors (Lipinski definition) is 5. The second-order valence-electron chi connectivity index (χ2n) is 6.70. The topological polar surface area (TPSA) is 95.6 Å². The first kappa shape index (κ1) is 21.3. The lowest BCUT2D eigenvalue weighted by atomic mass is 9.96. The van der Waals surface area contributed by atoms with Gasteiger partial charge in [0.1, 0.15) is 5.82 Å². The number of nitrogens with two attached hydrogens (primary N) is 1. The Kier molecular flexibility index (Phi) is 9.24. The zero-order valence-electron chi connectivity index (χ0n) is 16.4. The number of pyridine rings is 1. The first-order chi connectivity index (χ1) is 13.2. The van der Waals surface area contributed by atoms with E-state index in [1.165, 1.54) is 12.2 Å². The number of carbonyl (C=O) groups excluding carboxylic acids is 1. The number of guanidine groups is 1. The lowest BCUT2D eigenvalue weighted by Crippen LogP contribution is -2.40. The predicted molar refractivity (Wildman–Crippen MR) is 114 cm³/mol. The van der Waals surface area contributed by atoms with Crippen LogP contribution in [0.15, 0.2) is 23.3 Å². The van der Waals surface area contributed by atoms with E-state index in [1.54, 1.807) is 7.05 Å². The summed E-state index contributed by atoms with van der Waals surface area (Å²) in [5, 5.41) is 6.74. The maximum absolute atomic E-state index is 11.4. The second kappa shape index (κ2) is 11.7. The van der Waals surface area contributed by atoms with Crippen LogP contribution in [0.25, 0.3) is 0 Å². The molecule has 0 atom stereocenters. The number of aromatic nitrogens is 1. The number of anilines is 1. The Morgan fingerprint density at radius 1 is 1.37 bits per heavy atom. The van der Waals surface area contributed by atoms with Crippen LogP contribution in [0.4, 0.5) is 5.82 Å². The number of nitrogens with one attached hydrogen (secondary N) is 2. The summed E-state index contributed by atoms with van der Waals surface area (Å²) < 4.78 is 0. The average Bonchev–Trinajstić information content (AvgIpc) is 2.70. The van der Waals surface area contributed by atoms with Crippen LogP contribution in [0.1, 0.15) is 31.2 Å². The molecule has 1 saturated heterocycles. The van der Waals surface area contributed by atoms with Crippen LogP contribution < -0.4 is 21.3 Å². The number of piperidine rings is 1. The molecule has 1 fully saturated rings. The van der Waals surface area contributed by atoms with Crippen molar-refractivity contribution >= 4 is 29.4 Å². The molecular weight excluding hydrogens is 360 g/mol. The summed E-state index contributed by atoms with van der Waals surface area (Å²) in [5.41, 5.74) is 6.57. The van der Waals surface area contributed by atoms with Crippen molar-refractivity contribution in [1.82, 2.24) is 15.6 Å². The molecule has 0 unspecified atom stereocenters. The Balaban J connectivity index is 1.87. The summed E-state index contributed by atoms with van der Waals surface area (Å²) in [4.78, 5) is 22.5. The molecule has 2 heterocycles. The highest BCUT2D eigenvalue weighted by molar-refractivity contribution is 7.98. The van der Waals surface area contributed by atoms with Gasteiger partial charge in [-0.2, -0.15) is 11.8 Å². The largest absolute Gasteiger partial charge is 0.369 e. The highest BCUT2D eigenvalue weighted by Gasteiger charge is 2.24. The lowest BCUT2D eigenvalue weighted by molar-refractivity contribution is -0.122. The van der Waals surface area contributed by atoms with E-state index in [-0.39, 0.29) is 11.8 Å². The van der Waals surface area contributed by atoms with Crippen molar-refractivity contribution in [3.05, 3.63) is 23.9 Å². The van der Waals surface area contributed by atoms with Gasteiger partial charge in [-0.1, -0.05) is 6.07 Å². The lowest BCUT2D eigenvalue weighted by Gasteiger charge is -2.32. The minimum Gasteiger partial charge on any atom is -0.369 e. The molecule has 4 N–H and O–H groups in total. The van der Waals surface area contributed by atoms with Gasteiger partial charge in [0.2, 0.25) is 5.91 Å². The molecule has 0 aromatic carbocycles. The molecule has 7 nitrogen and oxygen atoms in total. The fourth-order valence-electron chi connectivity index (χ4n) is 3.21. The molecule has 1 aliphatic heterocycles. The van der Waals surface area contributed by atoms with Crippen molar-refractivity contribution in [2.45, 2.75) is 32.2 Å². The van der Waals surface area contributed by atoms with E-state index in [0.29, 0.717) is 6.54 Å². The third-order valence-corrected chi connectivity index (χ3v) is 5.50. The van der Waals surface area contributed by atoms with Crippen molar-refractivity contribution in [2.75, 3.05) is 43.6 Å². The van der Waals surface area contributed by atoms with Crippen molar-refractivity contribution < 1.29 is 4.79 Å². The fourth-order valence-corrected chi connectivity index (χ4v) is 3.70. The average molecular weight is 393 g/mol. The summed E-state index contributed by atoms with van der Waals surface area (Å²) in [7, 11) is 1.79. The van der Waals surface area contributed by atoms with Gasteiger partial charge < -0.3 is 21.3 Å². The molecule has 8 heteroatoms. The Morgan fingerprint density at radius 3 is 2.81 bits per heavy atom. The van der Waals surface area contributed by atoms with Gasteiger partial charge >= 0.3 is 0 Å². The standard InChI is InChI=1S/C19H32N6OS/c1-21-19(23-9-3-4-13-27-2)24-14-16-6-5-10-22-18(16)25-11-7-15(8-12-25)17(20)26/h5-6,10,15H,3-4,7-9,11-14H2,1-2H3,(H2,20,26)(H2,21,23,24). The Hall–Kier alpha value is -1.96. The SMILES string of the molecule is CN=C(NCCCCSC)NCc1cccnc1N1CCC(C(N)=O)CC1. The molecule has 1 aromatic heterocycles. The quantitative estimate of drug-likeness (QED) is 0.336. The highest BCUT2D eigenvalue weighted by atomic mass is 32.2. The number of unbranched alkanes of at least 4 members (excludes halogenated alkanes) is 1. The molecule has 0 spiro atoms. The second-order valence-corrected chi connectivity index (χ2v) is 7.69. The molecule has 27 heavy (non-hydrogen) atoms. The zero-order valence-corrected chi connectivity index (χ0v) is 17.2. The van der Waals surface area contributed by atoms with Gasteiger partial charge in [0, 0.05) is 50.9 Å². The monoisotopic (exact) mass is 392 g/mol. The number of primary amides is 1. The third kappa shape index (κ3) is 6.93. The number of amides is 1. The Labute approximate surface area is 166 Å². The van der Waals surface area contributed by atoms with Crippen molar-refractivity contribution in [1.29, 1.82) is 0 Å². The molecule has 0 saturated carbocycles. The van der Waals surface area contributed by atoms with Crippen LogP contribution >= 0.6 is 11.8 Å². The van der Waals surface area contributed by atoms with E-state index in [1.807, 2.05) is 24.0 Å². The van der Waals surface area contributed by atoms with Crippen LogP contribution in [-0.2, 0) is 11.3 Å². The van der Waals surface area contributed by atoms with E-state index in [4.69, 9.17) is 5.73 Å². The number of aliphatic imine (C=N–C) groups is 1. The molecule has 2 rings (SSSR count). The summed E-state index contributed by atoms with van der Waals surface area (Å²) in [6, 6.07) is 4.04. The molecule has 0 radical (unpaired) electrons. The van der Waals surface area contributed by atoms with Crippen LogP contribution in [-0.4, -0.2) is 55.5 Å². The van der Waals surface area contributed by atoms with E-state index >= 15 is 0 Å². The number of carbonyl (C=O) groups is 1. The molecule has 1 aromatic rings. The van der Waals surface area contributed by atoms with Crippen molar-refractivity contribution in [2.24, 2.45) is 16.6 Å². The summed E-state index contributed by atoms with van der Waals surface area (Å²) >= 11 is 1.88.